The third-order valence-corrected chi connectivity index (χ3v) is 2.81. The first-order valence-electron chi connectivity index (χ1n) is 6.00. The predicted molar refractivity (Wildman–Crippen MR) is 71.0 cm³/mol. The number of rotatable bonds is 7. The molecule has 1 atom stereocenters. The minimum absolute atomic E-state index is 0.0354. The molecule has 0 saturated carbocycles. The molecule has 7 heteroatoms. The maximum absolute atomic E-state index is 13.3. The molecule has 0 radical (unpaired) electrons. The normalized spacial score (nSPS) is 11.9. The quantitative estimate of drug-likeness (QED) is 0.757. The van der Waals surface area contributed by atoms with Crippen molar-refractivity contribution in [1.29, 1.82) is 0 Å². The predicted octanol–water partition coefficient (Wildman–Crippen LogP) is 2.15. The number of benzene rings is 1. The summed E-state index contributed by atoms with van der Waals surface area (Å²) in [5.41, 5.74) is 0.115. The molecule has 20 heavy (non-hydrogen) atoms. The van der Waals surface area contributed by atoms with Gasteiger partial charge in [-0.2, -0.15) is 0 Å². The lowest BCUT2D eigenvalue weighted by Gasteiger charge is -2.15. The van der Waals surface area contributed by atoms with E-state index in [4.69, 9.17) is 21.4 Å². The van der Waals surface area contributed by atoms with Gasteiger partial charge in [0.25, 0.3) is 0 Å². The first kappa shape index (κ1) is 16.4. The summed E-state index contributed by atoms with van der Waals surface area (Å²) in [6.07, 6.45) is 0.0354. The van der Waals surface area contributed by atoms with Crippen molar-refractivity contribution in [3.8, 4) is 0 Å². The average molecular weight is 304 g/mol. The van der Waals surface area contributed by atoms with Crippen molar-refractivity contribution in [2.75, 3.05) is 13.2 Å². The largest absolute Gasteiger partial charge is 0.479 e. The lowest BCUT2D eigenvalue weighted by Crippen LogP contribution is -2.34. The first-order valence-corrected chi connectivity index (χ1v) is 6.38. The summed E-state index contributed by atoms with van der Waals surface area (Å²) in [5, 5.41) is 11.3. The van der Waals surface area contributed by atoms with Gasteiger partial charge in [-0.15, -0.1) is 0 Å². The molecular weight excluding hydrogens is 289 g/mol. The summed E-state index contributed by atoms with van der Waals surface area (Å²) < 4.78 is 18.3. The Morgan fingerprint density at radius 3 is 2.75 bits per heavy atom. The Bertz CT molecular complexity index is 495. The summed E-state index contributed by atoms with van der Waals surface area (Å²) in [6.45, 7) is 2.45. The van der Waals surface area contributed by atoms with E-state index in [2.05, 4.69) is 5.32 Å². The van der Waals surface area contributed by atoms with Gasteiger partial charge in [0.1, 0.15) is 5.82 Å². The van der Waals surface area contributed by atoms with Crippen LogP contribution < -0.4 is 5.32 Å². The Kier molecular flexibility index (Phi) is 6.41. The summed E-state index contributed by atoms with van der Waals surface area (Å²) in [7, 11) is 0. The maximum atomic E-state index is 13.3. The van der Waals surface area contributed by atoms with E-state index in [0.717, 1.165) is 6.07 Å². The Morgan fingerprint density at radius 2 is 2.20 bits per heavy atom. The fraction of sp³-hybridized carbons (Fsp3) is 0.385. The van der Waals surface area contributed by atoms with Crippen molar-refractivity contribution in [3.63, 3.8) is 0 Å². The van der Waals surface area contributed by atoms with Gasteiger partial charge < -0.3 is 15.2 Å². The fourth-order valence-electron chi connectivity index (χ4n) is 1.52. The van der Waals surface area contributed by atoms with E-state index in [1.807, 2.05) is 0 Å². The number of carboxylic acids is 1. The molecule has 0 fully saturated rings. The molecule has 0 aliphatic carbocycles. The van der Waals surface area contributed by atoms with E-state index in [1.54, 1.807) is 6.92 Å². The molecule has 0 aromatic heterocycles. The van der Waals surface area contributed by atoms with Gasteiger partial charge in [0.05, 0.1) is 11.6 Å². The number of halogens is 2. The van der Waals surface area contributed by atoms with Crippen LogP contribution in [0, 0.1) is 5.82 Å². The lowest BCUT2D eigenvalue weighted by molar-refractivity contribution is -0.142. The highest BCUT2D eigenvalue weighted by molar-refractivity contribution is 6.30. The SMILES string of the molecule is CCOCCC(=O)NC(C(=O)O)c1ccc(Cl)c(F)c1. The minimum atomic E-state index is -1.32. The Hall–Kier alpha value is -1.66. The number of carbonyl (C=O) groups is 2. The van der Waals surface area contributed by atoms with Gasteiger partial charge >= 0.3 is 5.97 Å². The molecule has 1 amide bonds. The van der Waals surface area contributed by atoms with Gasteiger partial charge in [0, 0.05) is 13.0 Å². The maximum Gasteiger partial charge on any atom is 0.330 e. The Labute approximate surface area is 120 Å². The smallest absolute Gasteiger partial charge is 0.330 e. The van der Waals surface area contributed by atoms with Crippen molar-refractivity contribution in [2.45, 2.75) is 19.4 Å². The van der Waals surface area contributed by atoms with Crippen LogP contribution in [0.3, 0.4) is 0 Å². The Balaban J connectivity index is 2.76. The number of aliphatic carboxylic acids is 1. The zero-order valence-electron chi connectivity index (χ0n) is 10.9. The number of amides is 1. The van der Waals surface area contributed by atoms with Crippen LogP contribution in [0.2, 0.25) is 5.02 Å². The molecule has 1 unspecified atom stereocenters. The van der Waals surface area contributed by atoms with Crippen molar-refractivity contribution in [1.82, 2.24) is 5.32 Å². The van der Waals surface area contributed by atoms with Gasteiger partial charge in [-0.25, -0.2) is 9.18 Å². The van der Waals surface area contributed by atoms with Gasteiger partial charge in [0.15, 0.2) is 6.04 Å². The highest BCUT2D eigenvalue weighted by Gasteiger charge is 2.22. The van der Waals surface area contributed by atoms with Crippen LogP contribution in [-0.4, -0.2) is 30.2 Å². The molecule has 0 heterocycles. The van der Waals surface area contributed by atoms with Crippen molar-refractivity contribution >= 4 is 23.5 Å². The molecule has 0 aliphatic rings. The molecular formula is C13H15ClFNO4. The molecule has 0 spiro atoms. The third kappa shape index (κ3) is 4.79. The number of nitrogens with one attached hydrogen (secondary N) is 1. The molecule has 0 bridgehead atoms. The highest BCUT2D eigenvalue weighted by atomic mass is 35.5. The fourth-order valence-corrected chi connectivity index (χ4v) is 1.64. The summed E-state index contributed by atoms with van der Waals surface area (Å²) >= 11 is 5.53. The van der Waals surface area contributed by atoms with Gasteiger partial charge in [-0.05, 0) is 24.6 Å². The van der Waals surface area contributed by atoms with Crippen LogP contribution in [0.15, 0.2) is 18.2 Å². The van der Waals surface area contributed by atoms with Crippen LogP contribution in [0.4, 0.5) is 4.39 Å². The van der Waals surface area contributed by atoms with Gasteiger partial charge in [-0.3, -0.25) is 4.79 Å². The summed E-state index contributed by atoms with van der Waals surface area (Å²) in [4.78, 5) is 22.7. The number of hydrogen-bond acceptors (Lipinski definition) is 3. The first-order chi connectivity index (χ1) is 9.45. The zero-order valence-corrected chi connectivity index (χ0v) is 11.6. The topological polar surface area (TPSA) is 75.6 Å². The van der Waals surface area contributed by atoms with Crippen LogP contribution >= 0.6 is 11.6 Å². The monoisotopic (exact) mass is 303 g/mol. The van der Waals surface area contributed by atoms with Crippen LogP contribution in [0.25, 0.3) is 0 Å². The van der Waals surface area contributed by atoms with Crippen LogP contribution in [-0.2, 0) is 14.3 Å². The van der Waals surface area contributed by atoms with Crippen molar-refractivity contribution < 1.29 is 23.8 Å². The molecule has 0 aliphatic heterocycles. The standard InChI is InChI=1S/C13H15ClFNO4/c1-2-20-6-5-11(17)16-12(13(18)19)8-3-4-9(14)10(15)7-8/h3-4,7,12H,2,5-6H2,1H3,(H,16,17)(H,18,19). The zero-order chi connectivity index (χ0) is 15.1. The molecule has 2 N–H and O–H groups in total. The molecule has 1 aromatic carbocycles. The Morgan fingerprint density at radius 1 is 1.50 bits per heavy atom. The van der Waals surface area contributed by atoms with Gasteiger partial charge in [0.2, 0.25) is 5.91 Å². The average Bonchev–Trinajstić information content (AvgIpc) is 2.39. The number of hydrogen-bond donors (Lipinski definition) is 2. The van der Waals surface area contributed by atoms with E-state index in [1.165, 1.54) is 12.1 Å². The van der Waals surface area contributed by atoms with Gasteiger partial charge in [-0.1, -0.05) is 17.7 Å². The van der Waals surface area contributed by atoms with E-state index in [0.29, 0.717) is 6.61 Å². The summed E-state index contributed by atoms with van der Waals surface area (Å²) in [5.74, 6) is -2.50. The molecule has 0 saturated heterocycles. The molecule has 110 valence electrons. The van der Waals surface area contributed by atoms with E-state index in [-0.39, 0.29) is 23.6 Å². The van der Waals surface area contributed by atoms with Crippen LogP contribution in [0.1, 0.15) is 24.9 Å². The van der Waals surface area contributed by atoms with E-state index in [9.17, 15) is 14.0 Å². The molecule has 1 rings (SSSR count). The van der Waals surface area contributed by atoms with Crippen molar-refractivity contribution in [2.24, 2.45) is 0 Å². The van der Waals surface area contributed by atoms with E-state index < -0.39 is 23.7 Å². The van der Waals surface area contributed by atoms with Crippen molar-refractivity contribution in [3.05, 3.63) is 34.6 Å². The second-order valence-corrected chi connectivity index (χ2v) is 4.37. The van der Waals surface area contributed by atoms with E-state index >= 15 is 0 Å². The third-order valence-electron chi connectivity index (χ3n) is 2.51. The minimum Gasteiger partial charge on any atom is -0.479 e. The number of ether oxygens (including phenoxy) is 1. The second-order valence-electron chi connectivity index (χ2n) is 3.96. The second kappa shape index (κ2) is 7.81. The molecule has 5 nitrogen and oxygen atoms in total. The lowest BCUT2D eigenvalue weighted by atomic mass is 10.1. The molecule has 1 aromatic rings. The highest BCUT2D eigenvalue weighted by Crippen LogP contribution is 2.20. The number of carboxylic acid groups (broad SMARTS) is 1. The summed E-state index contributed by atoms with van der Waals surface area (Å²) in [6, 6.07) is 2.27. The van der Waals surface area contributed by atoms with Crippen LogP contribution in [0.5, 0.6) is 0 Å². The number of carbonyl (C=O) groups excluding carboxylic acids is 1.